The van der Waals surface area contributed by atoms with Gasteiger partial charge in [-0.3, -0.25) is 14.9 Å². The molecular weight excluding hydrogens is 339 g/mol. The van der Waals surface area contributed by atoms with Gasteiger partial charge in [-0.25, -0.2) is 9.07 Å². The maximum Gasteiger partial charge on any atom is 0.272 e. The number of benzene rings is 2. The van der Waals surface area contributed by atoms with E-state index in [0.717, 1.165) is 23.9 Å². The Morgan fingerprint density at radius 1 is 1.19 bits per heavy atom. The van der Waals surface area contributed by atoms with Gasteiger partial charge in [-0.2, -0.15) is 5.10 Å². The largest absolute Gasteiger partial charge is 0.319 e. The Kier molecular flexibility index (Phi) is 4.49. The van der Waals surface area contributed by atoms with Crippen molar-refractivity contribution in [3.63, 3.8) is 0 Å². The second-order valence-electron chi connectivity index (χ2n) is 5.67. The molecule has 3 aromatic rings. The molecule has 0 aliphatic rings. The summed E-state index contributed by atoms with van der Waals surface area (Å²) in [6, 6.07) is 12.3. The van der Waals surface area contributed by atoms with Crippen molar-refractivity contribution in [3.05, 3.63) is 81.4 Å². The van der Waals surface area contributed by atoms with E-state index in [-0.39, 0.29) is 5.56 Å². The summed E-state index contributed by atoms with van der Waals surface area (Å²) >= 11 is 0. The van der Waals surface area contributed by atoms with E-state index in [1.165, 1.54) is 0 Å². The zero-order valence-electron chi connectivity index (χ0n) is 14.1. The van der Waals surface area contributed by atoms with Gasteiger partial charge in [0.15, 0.2) is 0 Å². The van der Waals surface area contributed by atoms with Gasteiger partial charge in [0.2, 0.25) is 0 Å². The minimum absolute atomic E-state index is 0.276. The standard InChI is InChI=1S/C18H15FN4O3/c1-11-17(12(2)22(21-11)13-6-4-3-5-7-13)20-18(24)15-9-8-14(23(25)26)10-16(15)19/h3-10H,1-2H3,(H,20,24). The predicted octanol–water partition coefficient (Wildman–Crippen LogP) is 3.79. The highest BCUT2D eigenvalue weighted by molar-refractivity contribution is 6.05. The molecule has 0 aliphatic carbocycles. The molecule has 3 rings (SSSR count). The molecule has 0 unspecified atom stereocenters. The molecule has 0 aliphatic heterocycles. The number of para-hydroxylation sites is 1. The lowest BCUT2D eigenvalue weighted by atomic mass is 10.1. The van der Waals surface area contributed by atoms with Crippen molar-refractivity contribution < 1.29 is 14.1 Å². The van der Waals surface area contributed by atoms with Crippen LogP contribution in [0.5, 0.6) is 0 Å². The highest BCUT2D eigenvalue weighted by Crippen LogP contribution is 2.24. The average molecular weight is 354 g/mol. The number of nitro groups is 1. The summed E-state index contributed by atoms with van der Waals surface area (Å²) in [5.41, 5.74) is 1.86. The Morgan fingerprint density at radius 2 is 1.88 bits per heavy atom. The molecule has 0 saturated carbocycles. The third-order valence-corrected chi connectivity index (χ3v) is 3.94. The lowest BCUT2D eigenvalue weighted by Gasteiger charge is -2.08. The van der Waals surface area contributed by atoms with E-state index in [2.05, 4.69) is 10.4 Å². The number of halogens is 1. The fourth-order valence-electron chi connectivity index (χ4n) is 2.63. The van der Waals surface area contributed by atoms with Crippen LogP contribution in [-0.2, 0) is 0 Å². The van der Waals surface area contributed by atoms with Crippen LogP contribution < -0.4 is 5.32 Å². The minimum atomic E-state index is -0.956. The van der Waals surface area contributed by atoms with Crippen LogP contribution in [-0.4, -0.2) is 20.6 Å². The first-order valence-electron chi connectivity index (χ1n) is 7.75. The summed E-state index contributed by atoms with van der Waals surface area (Å²) in [4.78, 5) is 22.4. The molecule has 1 heterocycles. The van der Waals surface area contributed by atoms with Crippen LogP contribution in [0.1, 0.15) is 21.7 Å². The molecule has 7 nitrogen and oxygen atoms in total. The maximum absolute atomic E-state index is 14.0. The van der Waals surface area contributed by atoms with Crippen LogP contribution >= 0.6 is 0 Å². The number of amides is 1. The van der Waals surface area contributed by atoms with Gasteiger partial charge in [0.1, 0.15) is 5.82 Å². The molecule has 1 aromatic heterocycles. The number of aromatic nitrogens is 2. The van der Waals surface area contributed by atoms with E-state index in [9.17, 15) is 19.3 Å². The summed E-state index contributed by atoms with van der Waals surface area (Å²) in [5, 5.41) is 17.7. The molecule has 26 heavy (non-hydrogen) atoms. The summed E-state index contributed by atoms with van der Waals surface area (Å²) in [5.74, 6) is -1.65. The van der Waals surface area contributed by atoms with Crippen molar-refractivity contribution in [1.29, 1.82) is 0 Å². The molecular formula is C18H15FN4O3. The molecule has 0 fully saturated rings. The second-order valence-corrected chi connectivity index (χ2v) is 5.67. The zero-order valence-corrected chi connectivity index (χ0v) is 14.1. The second kappa shape index (κ2) is 6.75. The topological polar surface area (TPSA) is 90.1 Å². The number of nitrogens with zero attached hydrogens (tertiary/aromatic N) is 3. The Labute approximate surface area is 148 Å². The zero-order chi connectivity index (χ0) is 18.8. The van der Waals surface area contributed by atoms with Gasteiger partial charge < -0.3 is 5.32 Å². The van der Waals surface area contributed by atoms with Gasteiger partial charge in [-0.1, -0.05) is 18.2 Å². The van der Waals surface area contributed by atoms with Gasteiger partial charge in [-0.15, -0.1) is 0 Å². The van der Waals surface area contributed by atoms with Crippen LogP contribution in [0.15, 0.2) is 48.5 Å². The normalized spacial score (nSPS) is 10.6. The van der Waals surface area contributed by atoms with Crippen molar-refractivity contribution in [2.75, 3.05) is 5.32 Å². The fourth-order valence-corrected chi connectivity index (χ4v) is 2.63. The smallest absolute Gasteiger partial charge is 0.272 e. The number of rotatable bonds is 4. The monoisotopic (exact) mass is 354 g/mol. The minimum Gasteiger partial charge on any atom is -0.319 e. The molecule has 132 valence electrons. The molecule has 8 heteroatoms. The van der Waals surface area contributed by atoms with Crippen LogP contribution in [0, 0.1) is 29.8 Å². The molecule has 0 radical (unpaired) electrons. The maximum atomic E-state index is 14.0. The summed E-state index contributed by atoms with van der Waals surface area (Å²) in [6.45, 7) is 3.52. The summed E-state index contributed by atoms with van der Waals surface area (Å²) in [7, 11) is 0. The van der Waals surface area contributed by atoms with Gasteiger partial charge in [0.25, 0.3) is 11.6 Å². The summed E-state index contributed by atoms with van der Waals surface area (Å²) in [6.07, 6.45) is 0. The number of aryl methyl sites for hydroxylation is 1. The Balaban J connectivity index is 1.91. The van der Waals surface area contributed by atoms with Gasteiger partial charge in [0.05, 0.1) is 39.3 Å². The first-order chi connectivity index (χ1) is 12.4. The van der Waals surface area contributed by atoms with Crippen LogP contribution in [0.2, 0.25) is 0 Å². The Morgan fingerprint density at radius 3 is 2.50 bits per heavy atom. The van der Waals surface area contributed by atoms with Crippen LogP contribution in [0.25, 0.3) is 5.69 Å². The van der Waals surface area contributed by atoms with Crippen LogP contribution in [0.4, 0.5) is 15.8 Å². The molecule has 2 aromatic carbocycles. The predicted molar refractivity (Wildman–Crippen MR) is 94.0 cm³/mol. The third kappa shape index (κ3) is 3.16. The first kappa shape index (κ1) is 17.3. The first-order valence-corrected chi connectivity index (χ1v) is 7.75. The number of carbonyl (C=O) groups excluding carboxylic acids is 1. The quantitative estimate of drug-likeness (QED) is 0.570. The van der Waals surface area contributed by atoms with Gasteiger partial charge in [0, 0.05) is 6.07 Å². The highest BCUT2D eigenvalue weighted by Gasteiger charge is 2.20. The van der Waals surface area contributed by atoms with Crippen molar-refractivity contribution in [2.45, 2.75) is 13.8 Å². The SMILES string of the molecule is Cc1nn(-c2ccccc2)c(C)c1NC(=O)c1ccc([N+](=O)[O-])cc1F. The van der Waals surface area contributed by atoms with Crippen molar-refractivity contribution in [2.24, 2.45) is 0 Å². The average Bonchev–Trinajstić information content (AvgIpc) is 2.90. The van der Waals surface area contributed by atoms with E-state index in [1.54, 1.807) is 18.5 Å². The van der Waals surface area contributed by atoms with Crippen molar-refractivity contribution in [1.82, 2.24) is 9.78 Å². The molecule has 0 atom stereocenters. The Bertz CT molecular complexity index is 999. The van der Waals surface area contributed by atoms with Crippen molar-refractivity contribution in [3.8, 4) is 5.69 Å². The van der Waals surface area contributed by atoms with E-state index >= 15 is 0 Å². The number of carbonyl (C=O) groups is 1. The third-order valence-electron chi connectivity index (χ3n) is 3.94. The lowest BCUT2D eigenvalue weighted by Crippen LogP contribution is -2.15. The molecule has 1 N–H and O–H groups in total. The lowest BCUT2D eigenvalue weighted by molar-refractivity contribution is -0.385. The van der Waals surface area contributed by atoms with Crippen molar-refractivity contribution >= 4 is 17.3 Å². The number of hydrogen-bond acceptors (Lipinski definition) is 4. The number of non-ortho nitro benzene ring substituents is 1. The molecule has 1 amide bonds. The van der Waals surface area contributed by atoms with Gasteiger partial charge >= 0.3 is 0 Å². The molecule has 0 bridgehead atoms. The Hall–Kier alpha value is -3.55. The molecule has 0 spiro atoms. The number of hydrogen-bond donors (Lipinski definition) is 1. The van der Waals surface area contributed by atoms with Crippen LogP contribution in [0.3, 0.4) is 0 Å². The van der Waals surface area contributed by atoms with E-state index < -0.39 is 22.3 Å². The number of anilines is 1. The van der Waals surface area contributed by atoms with Gasteiger partial charge in [-0.05, 0) is 32.0 Å². The van der Waals surface area contributed by atoms with E-state index in [1.807, 2.05) is 30.3 Å². The summed E-state index contributed by atoms with van der Waals surface area (Å²) < 4.78 is 15.7. The number of nitro benzene ring substituents is 1. The van der Waals surface area contributed by atoms with E-state index in [0.29, 0.717) is 17.1 Å². The fraction of sp³-hybridized carbons (Fsp3) is 0.111. The molecule has 0 saturated heterocycles. The number of nitrogens with one attached hydrogen (secondary N) is 1. The highest BCUT2D eigenvalue weighted by atomic mass is 19.1. The van der Waals surface area contributed by atoms with E-state index in [4.69, 9.17) is 0 Å².